The number of ether oxygens (including phenoxy) is 2. The first-order valence-corrected chi connectivity index (χ1v) is 9.01. The average molecular weight is 332 g/mol. The summed E-state index contributed by atoms with van der Waals surface area (Å²) in [7, 11) is 1.70. The van der Waals surface area contributed by atoms with Crippen molar-refractivity contribution >= 4 is 11.6 Å². The number of carbonyl (C=O) groups excluding carboxylic acids is 1. The van der Waals surface area contributed by atoms with Crippen LogP contribution in [0.3, 0.4) is 0 Å². The van der Waals surface area contributed by atoms with Gasteiger partial charge in [0.05, 0.1) is 12.8 Å². The number of benzene rings is 1. The van der Waals surface area contributed by atoms with Gasteiger partial charge in [0, 0.05) is 38.8 Å². The summed E-state index contributed by atoms with van der Waals surface area (Å²) >= 11 is 0. The van der Waals surface area contributed by atoms with Crippen molar-refractivity contribution in [2.24, 2.45) is 5.92 Å². The van der Waals surface area contributed by atoms with E-state index in [2.05, 4.69) is 16.3 Å². The maximum atomic E-state index is 12.4. The minimum Gasteiger partial charge on any atom is -0.495 e. The van der Waals surface area contributed by atoms with Crippen molar-refractivity contribution in [1.29, 1.82) is 0 Å². The van der Waals surface area contributed by atoms with Crippen LogP contribution in [-0.2, 0) is 9.53 Å². The standard InChI is InChI=1S/C19H28N2O3/c1-23-18-7-3-2-6-17(18)21-10-4-5-16(14-21)20-19(22)13-15-8-11-24-12-9-15/h2-3,6-7,15-16H,4-5,8-14H2,1H3,(H,20,22)/t16-/m0/s1. The molecule has 5 heteroatoms. The lowest BCUT2D eigenvalue weighted by Crippen LogP contribution is -2.48. The normalized spacial score (nSPS) is 22.2. The van der Waals surface area contributed by atoms with Crippen molar-refractivity contribution in [3.05, 3.63) is 24.3 Å². The van der Waals surface area contributed by atoms with Gasteiger partial charge in [-0.05, 0) is 43.7 Å². The number of hydrogen-bond acceptors (Lipinski definition) is 4. The molecule has 0 aliphatic carbocycles. The Balaban J connectivity index is 1.54. The molecule has 2 aliphatic heterocycles. The number of amides is 1. The van der Waals surface area contributed by atoms with Crippen molar-refractivity contribution in [1.82, 2.24) is 5.32 Å². The molecule has 0 unspecified atom stereocenters. The molecule has 0 saturated carbocycles. The fourth-order valence-electron chi connectivity index (χ4n) is 3.70. The zero-order valence-corrected chi connectivity index (χ0v) is 14.5. The van der Waals surface area contributed by atoms with Crippen molar-refractivity contribution in [2.45, 2.75) is 38.1 Å². The van der Waals surface area contributed by atoms with Crippen LogP contribution in [0.15, 0.2) is 24.3 Å². The minimum absolute atomic E-state index is 0.189. The van der Waals surface area contributed by atoms with Crippen molar-refractivity contribution < 1.29 is 14.3 Å². The first-order valence-electron chi connectivity index (χ1n) is 9.01. The van der Waals surface area contributed by atoms with E-state index in [0.29, 0.717) is 12.3 Å². The second kappa shape index (κ2) is 8.38. The number of nitrogens with one attached hydrogen (secondary N) is 1. The van der Waals surface area contributed by atoms with Crippen LogP contribution in [0.5, 0.6) is 5.75 Å². The number of anilines is 1. The van der Waals surface area contributed by atoms with Crippen LogP contribution in [0, 0.1) is 5.92 Å². The lowest BCUT2D eigenvalue weighted by atomic mass is 9.95. The third kappa shape index (κ3) is 4.41. The SMILES string of the molecule is COc1ccccc1N1CCC[C@H](NC(=O)CC2CCOCC2)C1. The predicted molar refractivity (Wildman–Crippen MR) is 94.5 cm³/mol. The van der Waals surface area contributed by atoms with Crippen LogP contribution in [0.25, 0.3) is 0 Å². The fraction of sp³-hybridized carbons (Fsp3) is 0.632. The van der Waals surface area contributed by atoms with Gasteiger partial charge in [-0.3, -0.25) is 4.79 Å². The number of carbonyl (C=O) groups is 1. The van der Waals surface area contributed by atoms with Gasteiger partial charge in [0.2, 0.25) is 5.91 Å². The average Bonchev–Trinajstić information content (AvgIpc) is 2.62. The maximum absolute atomic E-state index is 12.4. The molecule has 1 aromatic rings. The molecule has 1 amide bonds. The number of rotatable bonds is 5. The summed E-state index contributed by atoms with van der Waals surface area (Å²) in [5.74, 6) is 1.56. The van der Waals surface area contributed by atoms with Crippen LogP contribution in [0.2, 0.25) is 0 Å². The van der Waals surface area contributed by atoms with Gasteiger partial charge in [-0.2, -0.15) is 0 Å². The van der Waals surface area contributed by atoms with Crippen molar-refractivity contribution in [3.63, 3.8) is 0 Å². The summed E-state index contributed by atoms with van der Waals surface area (Å²) in [6.45, 7) is 3.44. The van der Waals surface area contributed by atoms with Crippen molar-refractivity contribution in [3.8, 4) is 5.75 Å². The number of piperidine rings is 1. The Bertz CT molecular complexity index is 543. The van der Waals surface area contributed by atoms with Crippen LogP contribution in [-0.4, -0.2) is 45.4 Å². The van der Waals surface area contributed by atoms with E-state index in [4.69, 9.17) is 9.47 Å². The summed E-state index contributed by atoms with van der Waals surface area (Å²) < 4.78 is 10.8. The molecule has 0 aromatic heterocycles. The fourth-order valence-corrected chi connectivity index (χ4v) is 3.70. The topological polar surface area (TPSA) is 50.8 Å². The van der Waals surface area contributed by atoms with E-state index >= 15 is 0 Å². The van der Waals surface area contributed by atoms with E-state index in [1.807, 2.05) is 18.2 Å². The molecule has 0 bridgehead atoms. The Morgan fingerprint density at radius 2 is 2.08 bits per heavy atom. The van der Waals surface area contributed by atoms with Gasteiger partial charge in [0.1, 0.15) is 5.75 Å². The van der Waals surface area contributed by atoms with E-state index in [1.54, 1.807) is 7.11 Å². The molecular formula is C19H28N2O3. The van der Waals surface area contributed by atoms with Crippen LogP contribution < -0.4 is 15.0 Å². The molecule has 1 aromatic carbocycles. The summed E-state index contributed by atoms with van der Waals surface area (Å²) in [4.78, 5) is 14.7. The first kappa shape index (κ1) is 17.1. The van der Waals surface area contributed by atoms with E-state index < -0.39 is 0 Å². The Kier molecular flexibility index (Phi) is 5.96. The van der Waals surface area contributed by atoms with Gasteiger partial charge in [-0.15, -0.1) is 0 Å². The van der Waals surface area contributed by atoms with Crippen LogP contribution in [0.4, 0.5) is 5.69 Å². The monoisotopic (exact) mass is 332 g/mol. The molecule has 5 nitrogen and oxygen atoms in total. The Labute approximate surface area is 144 Å². The molecule has 2 aliphatic rings. The Morgan fingerprint density at radius 3 is 2.88 bits per heavy atom. The van der Waals surface area contributed by atoms with Gasteiger partial charge in [-0.25, -0.2) is 0 Å². The highest BCUT2D eigenvalue weighted by Gasteiger charge is 2.24. The maximum Gasteiger partial charge on any atom is 0.220 e. The molecule has 132 valence electrons. The second-order valence-corrected chi connectivity index (χ2v) is 6.78. The molecule has 1 N–H and O–H groups in total. The van der Waals surface area contributed by atoms with Crippen LogP contribution in [0.1, 0.15) is 32.1 Å². The summed E-state index contributed by atoms with van der Waals surface area (Å²) in [5, 5.41) is 3.24. The third-order valence-corrected chi connectivity index (χ3v) is 5.03. The lowest BCUT2D eigenvalue weighted by molar-refractivity contribution is -0.123. The van der Waals surface area contributed by atoms with Gasteiger partial charge in [-0.1, -0.05) is 12.1 Å². The summed E-state index contributed by atoms with van der Waals surface area (Å²) in [6.07, 6.45) is 4.77. The molecule has 24 heavy (non-hydrogen) atoms. The third-order valence-electron chi connectivity index (χ3n) is 5.03. The van der Waals surface area contributed by atoms with E-state index in [0.717, 1.165) is 63.4 Å². The number of hydrogen-bond donors (Lipinski definition) is 1. The summed E-state index contributed by atoms with van der Waals surface area (Å²) in [6, 6.07) is 8.31. The number of nitrogens with zero attached hydrogens (tertiary/aromatic N) is 1. The highest BCUT2D eigenvalue weighted by Crippen LogP contribution is 2.30. The van der Waals surface area contributed by atoms with Crippen LogP contribution >= 0.6 is 0 Å². The minimum atomic E-state index is 0.189. The quantitative estimate of drug-likeness (QED) is 0.900. The second-order valence-electron chi connectivity index (χ2n) is 6.78. The summed E-state index contributed by atoms with van der Waals surface area (Å²) in [5.41, 5.74) is 1.11. The van der Waals surface area contributed by atoms with E-state index in [1.165, 1.54) is 0 Å². The molecule has 0 spiro atoms. The van der Waals surface area contributed by atoms with Gasteiger partial charge in [0.25, 0.3) is 0 Å². The molecule has 1 atom stereocenters. The highest BCUT2D eigenvalue weighted by molar-refractivity contribution is 5.76. The molecule has 3 rings (SSSR count). The predicted octanol–water partition coefficient (Wildman–Crippen LogP) is 2.60. The first-order chi connectivity index (χ1) is 11.8. The van der Waals surface area contributed by atoms with Gasteiger partial charge >= 0.3 is 0 Å². The molecular weight excluding hydrogens is 304 g/mol. The molecule has 0 radical (unpaired) electrons. The Hall–Kier alpha value is -1.75. The highest BCUT2D eigenvalue weighted by atomic mass is 16.5. The van der Waals surface area contributed by atoms with E-state index in [9.17, 15) is 4.79 Å². The molecule has 2 saturated heterocycles. The van der Waals surface area contributed by atoms with Gasteiger partial charge < -0.3 is 19.7 Å². The Morgan fingerprint density at radius 1 is 1.29 bits per heavy atom. The number of methoxy groups -OCH3 is 1. The van der Waals surface area contributed by atoms with Crippen molar-refractivity contribution in [2.75, 3.05) is 38.3 Å². The molecule has 2 heterocycles. The largest absolute Gasteiger partial charge is 0.495 e. The van der Waals surface area contributed by atoms with E-state index in [-0.39, 0.29) is 11.9 Å². The molecule has 2 fully saturated rings. The zero-order valence-electron chi connectivity index (χ0n) is 14.5. The van der Waals surface area contributed by atoms with Gasteiger partial charge in [0.15, 0.2) is 0 Å². The number of para-hydroxylation sites is 2. The zero-order chi connectivity index (χ0) is 16.8. The lowest BCUT2D eigenvalue weighted by Gasteiger charge is -2.35. The smallest absolute Gasteiger partial charge is 0.220 e.